The Morgan fingerprint density at radius 1 is 1.14 bits per heavy atom. The highest BCUT2D eigenvalue weighted by Gasteiger charge is 2.11. The van der Waals surface area contributed by atoms with E-state index in [9.17, 15) is 9.59 Å². The number of aromatic hydroxyl groups is 1. The summed E-state index contributed by atoms with van der Waals surface area (Å²) in [5.41, 5.74) is 9.81. The largest absolute Gasteiger partial charge is 0.508 e. The molecule has 1 aromatic carbocycles. The van der Waals surface area contributed by atoms with Gasteiger partial charge in [0, 0.05) is 6.42 Å². The van der Waals surface area contributed by atoms with Crippen LogP contribution in [0.2, 0.25) is 0 Å². The topological polar surface area (TPSA) is 201 Å². The number of hydrogen-bond donors (Lipinski definition) is 6. The van der Waals surface area contributed by atoms with Gasteiger partial charge in [-0.3, -0.25) is 18.7 Å². The van der Waals surface area contributed by atoms with Crippen molar-refractivity contribution in [3.8, 4) is 5.75 Å². The summed E-state index contributed by atoms with van der Waals surface area (Å²) in [6.45, 7) is 0. The SMILES string of the molecule is NC(=O)CC[C@H](N)C(=O)O.O=S(=O)(O)O.Oc1ccccc1. The molecule has 0 saturated carbocycles. The zero-order valence-corrected chi connectivity index (χ0v) is 12.2. The molecule has 0 spiro atoms. The Kier molecular flexibility index (Phi) is 11.5. The van der Waals surface area contributed by atoms with E-state index >= 15 is 0 Å². The second-order valence-electron chi connectivity index (χ2n) is 3.73. The minimum atomic E-state index is -4.67. The van der Waals surface area contributed by atoms with Gasteiger partial charge < -0.3 is 21.7 Å². The van der Waals surface area contributed by atoms with E-state index in [4.69, 9.17) is 39.2 Å². The van der Waals surface area contributed by atoms with Crippen molar-refractivity contribution in [2.45, 2.75) is 18.9 Å². The lowest BCUT2D eigenvalue weighted by Crippen LogP contribution is -2.31. The molecule has 0 aliphatic heterocycles. The zero-order valence-electron chi connectivity index (χ0n) is 11.4. The molecule has 11 heteroatoms. The Bertz CT molecular complexity index is 538. The van der Waals surface area contributed by atoms with E-state index in [1.165, 1.54) is 0 Å². The van der Waals surface area contributed by atoms with Crippen molar-refractivity contribution < 1.29 is 37.3 Å². The average Bonchev–Trinajstić information content (AvgIpc) is 2.35. The number of benzene rings is 1. The van der Waals surface area contributed by atoms with Gasteiger partial charge in [-0.15, -0.1) is 0 Å². The number of hydrogen-bond acceptors (Lipinski definition) is 6. The fourth-order valence-electron chi connectivity index (χ4n) is 0.849. The molecule has 1 amide bonds. The highest BCUT2D eigenvalue weighted by atomic mass is 32.3. The minimum Gasteiger partial charge on any atom is -0.508 e. The molecule has 0 fully saturated rings. The third-order valence-corrected chi connectivity index (χ3v) is 1.78. The summed E-state index contributed by atoms with van der Waals surface area (Å²) in [5.74, 6) is -1.32. The summed E-state index contributed by atoms with van der Waals surface area (Å²) in [6.07, 6.45) is 0.123. The van der Waals surface area contributed by atoms with Crippen LogP contribution in [0.25, 0.3) is 0 Å². The molecule has 0 bridgehead atoms. The van der Waals surface area contributed by atoms with Crippen molar-refractivity contribution >= 4 is 22.3 Å². The second kappa shape index (κ2) is 11.4. The van der Waals surface area contributed by atoms with Gasteiger partial charge in [0.25, 0.3) is 0 Å². The predicted octanol–water partition coefficient (Wildman–Crippen LogP) is -0.597. The molecular weight excluding hydrogens is 320 g/mol. The van der Waals surface area contributed by atoms with Gasteiger partial charge in [-0.2, -0.15) is 8.42 Å². The van der Waals surface area contributed by atoms with Crippen LogP contribution in [0.4, 0.5) is 0 Å². The summed E-state index contributed by atoms with van der Waals surface area (Å²) in [4.78, 5) is 20.1. The fourth-order valence-corrected chi connectivity index (χ4v) is 0.849. The lowest BCUT2D eigenvalue weighted by atomic mass is 10.2. The number of carboxylic acids is 1. The number of carboxylic acid groups (broad SMARTS) is 1. The molecule has 0 heterocycles. The van der Waals surface area contributed by atoms with E-state index in [0.717, 1.165) is 0 Å². The van der Waals surface area contributed by atoms with Crippen LogP contribution in [0.5, 0.6) is 5.75 Å². The van der Waals surface area contributed by atoms with Gasteiger partial charge in [0.15, 0.2) is 0 Å². The number of rotatable bonds is 4. The Morgan fingerprint density at radius 2 is 1.55 bits per heavy atom. The Labute approximate surface area is 126 Å². The average molecular weight is 338 g/mol. The van der Waals surface area contributed by atoms with E-state index in [2.05, 4.69) is 0 Å². The van der Waals surface area contributed by atoms with E-state index in [-0.39, 0.29) is 12.8 Å². The molecule has 1 aromatic rings. The van der Waals surface area contributed by atoms with Crippen molar-refractivity contribution in [3.63, 3.8) is 0 Å². The maximum absolute atomic E-state index is 10.1. The highest BCUT2D eigenvalue weighted by molar-refractivity contribution is 7.79. The first-order valence-electron chi connectivity index (χ1n) is 5.64. The molecule has 0 aliphatic carbocycles. The van der Waals surface area contributed by atoms with Crippen LogP contribution in [-0.2, 0) is 20.0 Å². The van der Waals surface area contributed by atoms with Gasteiger partial charge in [0.2, 0.25) is 5.91 Å². The second-order valence-corrected chi connectivity index (χ2v) is 4.63. The van der Waals surface area contributed by atoms with Gasteiger partial charge in [-0.25, -0.2) is 0 Å². The molecule has 22 heavy (non-hydrogen) atoms. The number of aliphatic carboxylic acids is 1. The monoisotopic (exact) mass is 338 g/mol. The van der Waals surface area contributed by atoms with Gasteiger partial charge in [-0.05, 0) is 18.6 Å². The standard InChI is InChI=1S/C6H6O.C5H10N2O3.H2O4S/c7-6-4-2-1-3-5-6;6-3(5(9)10)1-2-4(7)8;1-5(2,3)4/h1-5,7H;3H,1-2,6H2,(H2,7,8)(H,9,10);(H2,1,2,3,4)/t;3-;/m.0./s1. The van der Waals surface area contributed by atoms with Crippen LogP contribution in [-0.4, -0.2) is 45.7 Å². The highest BCUT2D eigenvalue weighted by Crippen LogP contribution is 2.02. The Hall–Kier alpha value is -2.21. The van der Waals surface area contributed by atoms with Crippen LogP contribution < -0.4 is 11.5 Å². The third-order valence-electron chi connectivity index (χ3n) is 1.78. The van der Waals surface area contributed by atoms with Crippen molar-refractivity contribution in [2.24, 2.45) is 11.5 Å². The molecule has 1 atom stereocenters. The van der Waals surface area contributed by atoms with Gasteiger partial charge in [0.1, 0.15) is 11.8 Å². The number of carbonyl (C=O) groups excluding carboxylic acids is 1. The summed E-state index contributed by atoms with van der Waals surface area (Å²) in [5, 5.41) is 16.8. The van der Waals surface area contributed by atoms with Crippen molar-refractivity contribution in [2.75, 3.05) is 0 Å². The van der Waals surface area contributed by atoms with Crippen LogP contribution in [0, 0.1) is 0 Å². The van der Waals surface area contributed by atoms with Crippen molar-refractivity contribution in [1.82, 2.24) is 0 Å². The molecule has 0 radical (unpaired) electrons. The van der Waals surface area contributed by atoms with Crippen molar-refractivity contribution in [1.29, 1.82) is 0 Å². The first kappa shape index (κ1) is 22.1. The van der Waals surface area contributed by atoms with E-state index in [1.807, 2.05) is 6.07 Å². The van der Waals surface area contributed by atoms with Gasteiger partial charge in [0.05, 0.1) is 0 Å². The summed E-state index contributed by atoms with van der Waals surface area (Å²) >= 11 is 0. The number of phenols is 1. The number of para-hydroxylation sites is 1. The molecule has 0 aliphatic rings. The minimum absolute atomic E-state index is 0.0213. The van der Waals surface area contributed by atoms with E-state index < -0.39 is 28.3 Å². The lowest BCUT2D eigenvalue weighted by Gasteiger charge is -2.01. The Morgan fingerprint density at radius 3 is 1.77 bits per heavy atom. The zero-order chi connectivity index (χ0) is 17.8. The molecule has 10 nitrogen and oxygen atoms in total. The van der Waals surface area contributed by atoms with Crippen LogP contribution in [0.1, 0.15) is 12.8 Å². The molecular formula is C11H18N2O8S. The van der Waals surface area contributed by atoms with Crippen LogP contribution in [0.15, 0.2) is 30.3 Å². The molecule has 0 unspecified atom stereocenters. The Balaban J connectivity index is 0. The molecule has 0 aromatic heterocycles. The van der Waals surface area contributed by atoms with Gasteiger partial charge >= 0.3 is 16.4 Å². The fraction of sp³-hybridized carbons (Fsp3) is 0.273. The summed E-state index contributed by atoms with van der Waals surface area (Å²) < 4.78 is 31.6. The van der Waals surface area contributed by atoms with Gasteiger partial charge in [-0.1, -0.05) is 18.2 Å². The number of carbonyl (C=O) groups is 2. The first-order chi connectivity index (χ1) is 9.93. The molecule has 8 N–H and O–H groups in total. The molecule has 0 saturated heterocycles. The molecule has 1 rings (SSSR count). The van der Waals surface area contributed by atoms with Crippen LogP contribution >= 0.6 is 0 Å². The number of primary amides is 1. The number of amides is 1. The number of phenolic OH excluding ortho intramolecular Hbond substituents is 1. The van der Waals surface area contributed by atoms with E-state index in [1.54, 1.807) is 24.3 Å². The summed E-state index contributed by atoms with van der Waals surface area (Å²) in [7, 11) is -4.67. The van der Waals surface area contributed by atoms with Crippen molar-refractivity contribution in [3.05, 3.63) is 30.3 Å². The van der Waals surface area contributed by atoms with E-state index in [0.29, 0.717) is 5.75 Å². The van der Waals surface area contributed by atoms with Crippen LogP contribution in [0.3, 0.4) is 0 Å². The first-order valence-corrected chi connectivity index (χ1v) is 7.03. The quantitative estimate of drug-likeness (QED) is 0.387. The molecule has 126 valence electrons. The maximum Gasteiger partial charge on any atom is 0.394 e. The smallest absolute Gasteiger partial charge is 0.394 e. The third kappa shape index (κ3) is 22.9. The lowest BCUT2D eigenvalue weighted by molar-refractivity contribution is -0.138. The predicted molar refractivity (Wildman–Crippen MR) is 76.3 cm³/mol. The normalized spacial score (nSPS) is 11.0. The number of nitrogens with two attached hydrogens (primary N) is 2. The summed E-state index contributed by atoms with van der Waals surface area (Å²) in [6, 6.07) is 7.73. The maximum atomic E-state index is 10.1.